The number of nitriles is 2. The highest BCUT2D eigenvalue weighted by Gasteiger charge is 2.31. The first-order chi connectivity index (χ1) is 27.2. The van der Waals surface area contributed by atoms with Gasteiger partial charge >= 0.3 is 6.18 Å². The highest BCUT2D eigenvalue weighted by Crippen LogP contribution is 2.46. The monoisotopic (exact) mass is 728 g/mol. The summed E-state index contributed by atoms with van der Waals surface area (Å²) in [4.78, 5) is 7.22. The van der Waals surface area contributed by atoms with Gasteiger partial charge in [0.15, 0.2) is 11.4 Å². The van der Waals surface area contributed by atoms with Gasteiger partial charge in [0.1, 0.15) is 0 Å². The zero-order chi connectivity index (χ0) is 38.7. The standard InChI is InChI=1S/C47H23F3N6/c1-53-31-14-20-44-40(24-31)36-8-3-5-9-42(36)55(44)32-15-17-33(34-16-13-30(47(48,49)50)23-41(34)54-2)37(25-32)39-22-29(27-52)12-19-46(39)56-43-10-6-4-7-35(43)38-21-28(26-51)11-18-45(38)56/h3-25H. The van der Waals surface area contributed by atoms with Crippen LogP contribution in [0.5, 0.6) is 0 Å². The van der Waals surface area contributed by atoms with Gasteiger partial charge in [-0.3, -0.25) is 0 Å². The second-order valence-electron chi connectivity index (χ2n) is 13.3. The number of nitrogens with zero attached hydrogens (tertiary/aromatic N) is 6. The van der Waals surface area contributed by atoms with Crippen LogP contribution in [-0.2, 0) is 6.18 Å². The van der Waals surface area contributed by atoms with Crippen LogP contribution in [0.15, 0.2) is 140 Å². The number of benzene rings is 7. The number of fused-ring (bicyclic) bond motifs is 6. The highest BCUT2D eigenvalue weighted by molar-refractivity contribution is 6.12. The predicted molar refractivity (Wildman–Crippen MR) is 213 cm³/mol. The summed E-state index contributed by atoms with van der Waals surface area (Å²) in [5.74, 6) is 0. The van der Waals surface area contributed by atoms with Gasteiger partial charge in [0.05, 0.1) is 64.2 Å². The molecule has 0 unspecified atom stereocenters. The Morgan fingerprint density at radius 1 is 0.500 bits per heavy atom. The van der Waals surface area contributed by atoms with Gasteiger partial charge in [0, 0.05) is 33.0 Å². The molecule has 9 heteroatoms. The van der Waals surface area contributed by atoms with E-state index in [0.717, 1.165) is 61.4 Å². The zero-order valence-corrected chi connectivity index (χ0v) is 29.1. The molecule has 0 aliphatic heterocycles. The van der Waals surface area contributed by atoms with Crippen molar-refractivity contribution in [2.75, 3.05) is 0 Å². The minimum Gasteiger partial charge on any atom is -0.309 e. The summed E-state index contributed by atoms with van der Waals surface area (Å²) in [7, 11) is 0. The van der Waals surface area contributed by atoms with E-state index in [4.69, 9.17) is 13.1 Å². The van der Waals surface area contributed by atoms with Gasteiger partial charge in [-0.1, -0.05) is 60.7 Å². The van der Waals surface area contributed by atoms with E-state index in [0.29, 0.717) is 44.8 Å². The van der Waals surface area contributed by atoms with Gasteiger partial charge in [-0.05, 0) is 101 Å². The third-order valence-electron chi connectivity index (χ3n) is 10.2. The lowest BCUT2D eigenvalue weighted by atomic mass is 9.90. The van der Waals surface area contributed by atoms with Crippen molar-refractivity contribution in [1.29, 1.82) is 10.5 Å². The van der Waals surface area contributed by atoms with Gasteiger partial charge in [-0.25, -0.2) is 9.69 Å². The Kier molecular flexibility index (Phi) is 7.69. The fourth-order valence-electron chi connectivity index (χ4n) is 7.78. The van der Waals surface area contributed by atoms with E-state index in [-0.39, 0.29) is 5.69 Å². The van der Waals surface area contributed by atoms with Crippen LogP contribution in [0.25, 0.3) is 86.9 Å². The molecular formula is C47H23F3N6. The number of halogens is 3. The van der Waals surface area contributed by atoms with Crippen LogP contribution in [0.3, 0.4) is 0 Å². The number of para-hydroxylation sites is 2. The molecule has 0 amide bonds. The Balaban J connectivity index is 1.41. The first kappa shape index (κ1) is 33.7. The molecular weight excluding hydrogens is 706 g/mol. The third kappa shape index (κ3) is 5.24. The van der Waals surface area contributed by atoms with E-state index in [9.17, 15) is 23.7 Å². The van der Waals surface area contributed by atoms with E-state index >= 15 is 0 Å². The lowest BCUT2D eigenvalue weighted by Gasteiger charge is -2.20. The molecule has 0 fully saturated rings. The molecule has 0 saturated carbocycles. The number of alkyl halides is 3. The molecule has 9 rings (SSSR count). The molecule has 0 bridgehead atoms. The van der Waals surface area contributed by atoms with E-state index in [1.165, 1.54) is 6.07 Å². The molecule has 2 heterocycles. The summed E-state index contributed by atoms with van der Waals surface area (Å²) in [6.07, 6.45) is -4.65. The van der Waals surface area contributed by atoms with Crippen LogP contribution < -0.4 is 0 Å². The van der Waals surface area contributed by atoms with Crippen molar-refractivity contribution in [2.24, 2.45) is 0 Å². The summed E-state index contributed by atoms with van der Waals surface area (Å²) >= 11 is 0. The molecule has 56 heavy (non-hydrogen) atoms. The summed E-state index contributed by atoms with van der Waals surface area (Å²) in [6, 6.07) is 45.3. The maximum absolute atomic E-state index is 13.9. The lowest BCUT2D eigenvalue weighted by Crippen LogP contribution is -2.04. The maximum atomic E-state index is 13.9. The molecule has 0 aliphatic rings. The zero-order valence-electron chi connectivity index (χ0n) is 29.1. The Labute approximate surface area is 318 Å². The first-order valence-electron chi connectivity index (χ1n) is 17.3. The first-order valence-corrected chi connectivity index (χ1v) is 17.3. The van der Waals surface area contributed by atoms with Gasteiger partial charge in [-0.2, -0.15) is 23.7 Å². The van der Waals surface area contributed by atoms with Crippen LogP contribution in [0.2, 0.25) is 0 Å². The number of rotatable bonds is 4. The normalized spacial score (nSPS) is 11.4. The van der Waals surface area contributed by atoms with Gasteiger partial charge in [0.2, 0.25) is 0 Å². The average molecular weight is 729 g/mol. The van der Waals surface area contributed by atoms with E-state index in [1.54, 1.807) is 24.3 Å². The van der Waals surface area contributed by atoms with Gasteiger partial charge in [0.25, 0.3) is 0 Å². The van der Waals surface area contributed by atoms with Crippen LogP contribution in [0.4, 0.5) is 24.5 Å². The van der Waals surface area contributed by atoms with Crippen LogP contribution >= 0.6 is 0 Å². The Hall–Kier alpha value is -8.11. The number of hydrogen-bond donors (Lipinski definition) is 0. The van der Waals surface area contributed by atoms with Crippen molar-refractivity contribution in [2.45, 2.75) is 6.18 Å². The largest absolute Gasteiger partial charge is 0.415 e. The molecule has 0 saturated heterocycles. The van der Waals surface area contributed by atoms with Gasteiger partial charge in [-0.15, -0.1) is 0 Å². The Morgan fingerprint density at radius 2 is 1.11 bits per heavy atom. The van der Waals surface area contributed by atoms with Gasteiger partial charge < -0.3 is 9.13 Å². The molecule has 262 valence electrons. The summed E-state index contributed by atoms with van der Waals surface area (Å²) in [5.41, 5.74) is 6.98. The summed E-state index contributed by atoms with van der Waals surface area (Å²) in [5, 5.41) is 23.6. The topological polar surface area (TPSA) is 66.2 Å². The molecule has 0 aliphatic carbocycles. The van der Waals surface area contributed by atoms with Crippen molar-refractivity contribution in [3.05, 3.63) is 179 Å². The lowest BCUT2D eigenvalue weighted by molar-refractivity contribution is -0.137. The highest BCUT2D eigenvalue weighted by atomic mass is 19.4. The van der Waals surface area contributed by atoms with Crippen LogP contribution in [0.1, 0.15) is 16.7 Å². The maximum Gasteiger partial charge on any atom is 0.415 e. The number of hydrogen-bond acceptors (Lipinski definition) is 2. The fraction of sp³-hybridized carbons (Fsp3) is 0.0213. The van der Waals surface area contributed by atoms with Crippen molar-refractivity contribution in [3.63, 3.8) is 0 Å². The Bertz CT molecular complexity index is 3300. The Morgan fingerprint density at radius 3 is 1.80 bits per heavy atom. The predicted octanol–water partition coefficient (Wildman–Crippen LogP) is 13.1. The fourth-order valence-corrected chi connectivity index (χ4v) is 7.78. The molecule has 0 spiro atoms. The molecule has 2 aromatic heterocycles. The summed E-state index contributed by atoms with van der Waals surface area (Å²) < 4.78 is 45.9. The summed E-state index contributed by atoms with van der Waals surface area (Å²) in [6.45, 7) is 15.6. The molecule has 7 aromatic carbocycles. The quantitative estimate of drug-likeness (QED) is 0.169. The minimum absolute atomic E-state index is 0.170. The third-order valence-corrected chi connectivity index (χ3v) is 10.2. The second-order valence-corrected chi connectivity index (χ2v) is 13.3. The van der Waals surface area contributed by atoms with E-state index < -0.39 is 11.7 Å². The number of aromatic nitrogens is 2. The molecule has 0 radical (unpaired) electrons. The molecule has 0 N–H and O–H groups in total. The molecule has 0 atom stereocenters. The van der Waals surface area contributed by atoms with E-state index in [1.807, 2.05) is 97.1 Å². The minimum atomic E-state index is -4.65. The second kappa shape index (κ2) is 12.8. The van der Waals surface area contributed by atoms with Crippen molar-refractivity contribution in [1.82, 2.24) is 9.13 Å². The SMILES string of the molecule is [C-]#[N+]c1ccc2c(c1)c1ccccc1n2-c1ccc(-c2ccc(C(F)(F)F)cc2[N+]#[C-])c(-c2cc(C#N)ccc2-n2c3ccccc3c3cc(C#N)ccc32)c1. The smallest absolute Gasteiger partial charge is 0.309 e. The average Bonchev–Trinajstić information content (AvgIpc) is 3.74. The van der Waals surface area contributed by atoms with Crippen molar-refractivity contribution < 1.29 is 13.2 Å². The van der Waals surface area contributed by atoms with E-state index in [2.05, 4.69) is 31.0 Å². The van der Waals surface area contributed by atoms with Crippen LogP contribution in [-0.4, -0.2) is 9.13 Å². The van der Waals surface area contributed by atoms with Crippen molar-refractivity contribution >= 4 is 55.0 Å². The van der Waals surface area contributed by atoms with Crippen LogP contribution in [0, 0.1) is 35.8 Å². The van der Waals surface area contributed by atoms with Crippen molar-refractivity contribution in [3.8, 4) is 45.8 Å². The molecule has 9 aromatic rings. The molecule has 6 nitrogen and oxygen atoms in total.